The maximum absolute atomic E-state index is 12.5. The van der Waals surface area contributed by atoms with Crippen LogP contribution >= 0.6 is 12.0 Å². The molecule has 0 aromatic rings. The molecule has 8 heteroatoms. The van der Waals surface area contributed by atoms with Gasteiger partial charge in [0.25, 0.3) is 0 Å². The summed E-state index contributed by atoms with van der Waals surface area (Å²) in [5.41, 5.74) is -0.424. The molecule has 0 heterocycles. The van der Waals surface area contributed by atoms with E-state index in [1.54, 1.807) is 0 Å². The second kappa shape index (κ2) is 17.1. The van der Waals surface area contributed by atoms with E-state index >= 15 is 0 Å². The highest BCUT2D eigenvalue weighted by Gasteiger charge is 2.33. The molecule has 0 spiro atoms. The molecular weight excluding hydrogens is 384 g/mol. The molecule has 0 saturated heterocycles. The molecule has 0 aromatic carbocycles. The van der Waals surface area contributed by atoms with E-state index in [0.29, 0.717) is 31.0 Å². The second-order valence-electron chi connectivity index (χ2n) is 7.30. The predicted molar refractivity (Wildman–Crippen MR) is 109 cm³/mol. The van der Waals surface area contributed by atoms with Gasteiger partial charge in [-0.05, 0) is 25.2 Å². The lowest BCUT2D eigenvalue weighted by Crippen LogP contribution is -2.32. The van der Waals surface area contributed by atoms with Crippen LogP contribution < -0.4 is 0 Å². The molecule has 7 nitrogen and oxygen atoms in total. The molecule has 0 radical (unpaired) electrons. The number of rotatable bonds is 18. The van der Waals surface area contributed by atoms with Gasteiger partial charge in [0.05, 0.1) is 19.6 Å². The van der Waals surface area contributed by atoms with Crippen LogP contribution in [0.4, 0.5) is 0 Å². The number of unbranched alkanes of at least 4 members (excludes halogenated alkanes) is 2. The molecule has 1 N–H and O–H groups in total. The number of hydrogen-bond acceptors (Lipinski definition) is 8. The van der Waals surface area contributed by atoms with Crippen molar-refractivity contribution in [2.24, 2.45) is 11.3 Å². The third-order valence-corrected chi connectivity index (χ3v) is 5.66. The Kier molecular flexibility index (Phi) is 16.6. The molecule has 2 unspecified atom stereocenters. The molecule has 0 bridgehead atoms. The van der Waals surface area contributed by atoms with Crippen LogP contribution in [0.1, 0.15) is 85.5 Å². The second-order valence-corrected chi connectivity index (χ2v) is 7.96. The summed E-state index contributed by atoms with van der Waals surface area (Å²) >= 11 is 0.633. The molecule has 0 fully saturated rings. The van der Waals surface area contributed by atoms with Gasteiger partial charge in [-0.15, -0.1) is 4.33 Å². The van der Waals surface area contributed by atoms with E-state index in [1.165, 1.54) is 0 Å². The maximum Gasteiger partial charge on any atom is 0.318 e. The van der Waals surface area contributed by atoms with Gasteiger partial charge in [0, 0.05) is 17.5 Å². The smallest absolute Gasteiger partial charge is 0.318 e. The quantitative estimate of drug-likeness (QED) is 0.104. The Morgan fingerprint density at radius 1 is 1.04 bits per heavy atom. The van der Waals surface area contributed by atoms with Crippen LogP contribution in [0, 0.1) is 11.3 Å². The zero-order valence-corrected chi connectivity index (χ0v) is 18.7. The predicted octanol–water partition coefficient (Wildman–Crippen LogP) is 5.34. The first kappa shape index (κ1) is 27.2. The first-order chi connectivity index (χ1) is 13.5. The third-order valence-electron chi connectivity index (χ3n) is 5.15. The summed E-state index contributed by atoms with van der Waals surface area (Å²) in [5, 5.41) is 11.5. The molecule has 0 aromatic heterocycles. The monoisotopic (exact) mass is 422 g/mol. The highest BCUT2D eigenvalue weighted by atomic mass is 32.2. The van der Waals surface area contributed by atoms with Gasteiger partial charge < -0.3 is 9.47 Å². The van der Waals surface area contributed by atoms with E-state index in [4.69, 9.17) is 14.7 Å². The number of hydrogen-bond donors (Lipinski definition) is 1. The van der Waals surface area contributed by atoms with Crippen molar-refractivity contribution in [3.8, 4) is 0 Å². The minimum Gasteiger partial charge on any atom is -0.465 e. The lowest BCUT2D eigenvalue weighted by atomic mass is 9.78. The van der Waals surface area contributed by atoms with Crippen LogP contribution in [-0.2, 0) is 28.4 Å². The van der Waals surface area contributed by atoms with Gasteiger partial charge in [-0.2, -0.15) is 0 Å². The standard InChI is InChI=1S/C20H38O7S/c1-5-9-11-17(7-3)14-24-18(21)13-20(8-4,12-10-6-2)16-25-19(22)15-28-27-26-23/h17,23H,5-16H2,1-4H3. The fraction of sp³-hybridized carbons (Fsp3) is 0.900. The molecule has 2 atom stereocenters. The Morgan fingerprint density at radius 3 is 2.32 bits per heavy atom. The van der Waals surface area contributed by atoms with E-state index in [0.717, 1.165) is 44.9 Å². The fourth-order valence-corrected chi connectivity index (χ4v) is 3.27. The average molecular weight is 423 g/mol. The summed E-state index contributed by atoms with van der Waals surface area (Å²) in [5.74, 6) is -0.432. The molecule has 0 saturated carbocycles. The normalized spacial score (nSPS) is 14.3. The molecule has 28 heavy (non-hydrogen) atoms. The Bertz CT molecular complexity index is 419. The zero-order chi connectivity index (χ0) is 21.3. The molecule has 0 aliphatic rings. The third kappa shape index (κ3) is 12.6. The number of ether oxygens (including phenoxy) is 2. The number of esters is 2. The molecule has 0 aliphatic carbocycles. The van der Waals surface area contributed by atoms with Crippen molar-refractivity contribution in [3.05, 3.63) is 0 Å². The van der Waals surface area contributed by atoms with Crippen molar-refractivity contribution < 1.29 is 33.7 Å². The van der Waals surface area contributed by atoms with Crippen LogP contribution in [0.15, 0.2) is 0 Å². The minimum absolute atomic E-state index is 0.117. The Balaban J connectivity index is 4.70. The lowest BCUT2D eigenvalue weighted by molar-refractivity contribution is -0.432. The summed E-state index contributed by atoms with van der Waals surface area (Å²) in [7, 11) is 0. The average Bonchev–Trinajstić information content (AvgIpc) is 2.70. The summed E-state index contributed by atoms with van der Waals surface area (Å²) in [6.45, 7) is 8.99. The summed E-state index contributed by atoms with van der Waals surface area (Å²) < 4.78 is 15.1. The summed E-state index contributed by atoms with van der Waals surface area (Å²) in [6.07, 6.45) is 8.04. The molecule has 0 rings (SSSR count). The topological polar surface area (TPSA) is 91.3 Å². The van der Waals surface area contributed by atoms with Crippen molar-refractivity contribution in [2.45, 2.75) is 85.5 Å². The van der Waals surface area contributed by atoms with Crippen LogP contribution in [0.25, 0.3) is 0 Å². The van der Waals surface area contributed by atoms with Crippen molar-refractivity contribution in [3.63, 3.8) is 0 Å². The summed E-state index contributed by atoms with van der Waals surface area (Å²) in [6, 6.07) is 0. The van der Waals surface area contributed by atoms with Crippen molar-refractivity contribution in [1.29, 1.82) is 0 Å². The zero-order valence-electron chi connectivity index (χ0n) is 17.9. The maximum atomic E-state index is 12.5. The van der Waals surface area contributed by atoms with E-state index in [-0.39, 0.29) is 24.7 Å². The van der Waals surface area contributed by atoms with Gasteiger partial charge in [-0.3, -0.25) is 9.59 Å². The van der Waals surface area contributed by atoms with Gasteiger partial charge in [0.1, 0.15) is 5.75 Å². The van der Waals surface area contributed by atoms with E-state index in [9.17, 15) is 9.59 Å². The van der Waals surface area contributed by atoms with Crippen LogP contribution in [-0.4, -0.2) is 36.2 Å². The SMILES string of the molecule is CCCCC(CC)COC(=O)CC(CC)(CCCC)COC(=O)CSOOO. The van der Waals surface area contributed by atoms with Crippen LogP contribution in [0.5, 0.6) is 0 Å². The van der Waals surface area contributed by atoms with Crippen molar-refractivity contribution in [1.82, 2.24) is 0 Å². The highest BCUT2D eigenvalue weighted by Crippen LogP contribution is 2.34. The van der Waals surface area contributed by atoms with Crippen LogP contribution in [0.3, 0.4) is 0 Å². The van der Waals surface area contributed by atoms with Crippen molar-refractivity contribution in [2.75, 3.05) is 19.0 Å². The number of carbonyl (C=O) groups is 2. The molecule has 166 valence electrons. The van der Waals surface area contributed by atoms with Gasteiger partial charge in [-0.25, -0.2) is 5.26 Å². The minimum atomic E-state index is -0.490. The van der Waals surface area contributed by atoms with Gasteiger partial charge >= 0.3 is 11.9 Å². The van der Waals surface area contributed by atoms with Gasteiger partial charge in [-0.1, -0.05) is 64.8 Å². The molecule has 0 amide bonds. The Morgan fingerprint density at radius 2 is 1.75 bits per heavy atom. The number of carbonyl (C=O) groups excluding carboxylic acids is 2. The Hall–Kier alpha value is -0.830. The molecular formula is C20H38O7S. The van der Waals surface area contributed by atoms with Gasteiger partial charge in [0.2, 0.25) is 0 Å². The molecule has 0 aliphatic heterocycles. The van der Waals surface area contributed by atoms with Gasteiger partial charge in [0.15, 0.2) is 0 Å². The first-order valence-electron chi connectivity index (χ1n) is 10.4. The largest absolute Gasteiger partial charge is 0.465 e. The summed E-state index contributed by atoms with van der Waals surface area (Å²) in [4.78, 5) is 24.3. The van der Waals surface area contributed by atoms with Crippen LogP contribution in [0.2, 0.25) is 0 Å². The fourth-order valence-electron chi connectivity index (χ4n) is 3.00. The van der Waals surface area contributed by atoms with Crippen molar-refractivity contribution >= 4 is 24.0 Å². The lowest BCUT2D eigenvalue weighted by Gasteiger charge is -2.31. The van der Waals surface area contributed by atoms with E-state index in [1.807, 2.05) is 6.92 Å². The van der Waals surface area contributed by atoms with E-state index < -0.39 is 11.4 Å². The van der Waals surface area contributed by atoms with E-state index in [2.05, 4.69) is 30.1 Å². The Labute approximate surface area is 173 Å². The first-order valence-corrected chi connectivity index (χ1v) is 11.3. The highest BCUT2D eigenvalue weighted by molar-refractivity contribution is 7.95.